The van der Waals surface area contributed by atoms with Crippen LogP contribution < -0.4 is 10.4 Å². The smallest absolute Gasteiger partial charge is 0.409 e. The molecule has 1 saturated heterocycles. The maximum Gasteiger partial charge on any atom is 0.409 e. The van der Waals surface area contributed by atoms with E-state index in [0.29, 0.717) is 32.4 Å². The van der Waals surface area contributed by atoms with Crippen molar-refractivity contribution in [3.8, 4) is 0 Å². The van der Waals surface area contributed by atoms with Gasteiger partial charge in [-0.15, -0.1) is 0 Å². The van der Waals surface area contributed by atoms with Gasteiger partial charge >= 0.3 is 6.09 Å². The number of hydroxylamine groups is 1. The number of hydrogen-bond donors (Lipinski definition) is 2. The van der Waals surface area contributed by atoms with Gasteiger partial charge in [-0.05, 0) is 31.4 Å². The third-order valence-electron chi connectivity index (χ3n) is 6.31. The number of anilines is 1. The molecular formula is C21H30N4O5. The molecule has 1 aromatic carbocycles. The second kappa shape index (κ2) is 9.80. The summed E-state index contributed by atoms with van der Waals surface area (Å²) in [6, 6.07) is 9.85. The fraction of sp³-hybridized carbons (Fsp3) is 0.571. The standard InChI is InChI=1S/C21H30N4O5/c1-23(21(28)30-2)16-8-9-17(18(14-16)19(26)22-29)20(27)25-12-10-24(11-13-25)15-6-4-3-5-7-15/h3-7,16-18,29H,8-14H2,1-2H3,(H,22,26)/t16-,17-,18-/m0/s1. The quantitative estimate of drug-likeness (QED) is 0.565. The molecule has 2 N–H and O–H groups in total. The lowest BCUT2D eigenvalue weighted by molar-refractivity contribution is -0.148. The zero-order chi connectivity index (χ0) is 21.7. The predicted octanol–water partition coefficient (Wildman–Crippen LogP) is 1.32. The molecule has 164 valence electrons. The molecule has 0 bridgehead atoms. The van der Waals surface area contributed by atoms with Gasteiger partial charge in [0.15, 0.2) is 0 Å². The fourth-order valence-electron chi connectivity index (χ4n) is 4.52. The molecule has 1 aliphatic carbocycles. The Labute approximate surface area is 176 Å². The molecular weight excluding hydrogens is 388 g/mol. The van der Waals surface area contributed by atoms with Gasteiger partial charge < -0.3 is 19.4 Å². The third kappa shape index (κ3) is 4.67. The first-order valence-corrected chi connectivity index (χ1v) is 10.3. The van der Waals surface area contributed by atoms with E-state index in [1.54, 1.807) is 12.5 Å². The molecule has 0 unspecified atom stereocenters. The highest BCUT2D eigenvalue weighted by Gasteiger charge is 2.43. The molecule has 9 nitrogen and oxygen atoms in total. The molecule has 2 aliphatic rings. The van der Waals surface area contributed by atoms with Crippen molar-refractivity contribution in [3.05, 3.63) is 30.3 Å². The van der Waals surface area contributed by atoms with Crippen molar-refractivity contribution in [2.75, 3.05) is 45.2 Å². The van der Waals surface area contributed by atoms with Crippen LogP contribution in [0.4, 0.5) is 10.5 Å². The number of piperazine rings is 1. The second-order valence-electron chi connectivity index (χ2n) is 7.88. The molecule has 1 aromatic rings. The zero-order valence-electron chi connectivity index (χ0n) is 17.5. The number of nitrogens with zero attached hydrogens (tertiary/aromatic N) is 3. The summed E-state index contributed by atoms with van der Waals surface area (Å²) < 4.78 is 4.76. The minimum Gasteiger partial charge on any atom is -0.453 e. The number of methoxy groups -OCH3 is 1. The van der Waals surface area contributed by atoms with E-state index in [9.17, 15) is 19.6 Å². The summed E-state index contributed by atoms with van der Waals surface area (Å²) in [5, 5.41) is 9.20. The highest BCUT2D eigenvalue weighted by Crippen LogP contribution is 2.34. The molecule has 3 rings (SSSR count). The maximum atomic E-state index is 13.2. The largest absolute Gasteiger partial charge is 0.453 e. The van der Waals surface area contributed by atoms with Crippen molar-refractivity contribution < 1.29 is 24.3 Å². The Morgan fingerprint density at radius 2 is 1.73 bits per heavy atom. The van der Waals surface area contributed by atoms with Crippen LogP contribution in [0.1, 0.15) is 19.3 Å². The normalized spacial score (nSPS) is 24.2. The third-order valence-corrected chi connectivity index (χ3v) is 6.31. The van der Waals surface area contributed by atoms with Gasteiger partial charge in [-0.1, -0.05) is 18.2 Å². The van der Waals surface area contributed by atoms with Gasteiger partial charge in [-0.3, -0.25) is 14.8 Å². The fourth-order valence-corrected chi connectivity index (χ4v) is 4.52. The summed E-state index contributed by atoms with van der Waals surface area (Å²) >= 11 is 0. The molecule has 30 heavy (non-hydrogen) atoms. The summed E-state index contributed by atoms with van der Waals surface area (Å²) in [4.78, 5) is 42.9. The van der Waals surface area contributed by atoms with Gasteiger partial charge in [0.05, 0.1) is 13.0 Å². The lowest BCUT2D eigenvalue weighted by atomic mass is 9.75. The summed E-state index contributed by atoms with van der Waals surface area (Å²) in [5.41, 5.74) is 2.83. The van der Waals surface area contributed by atoms with Crippen molar-refractivity contribution in [1.29, 1.82) is 0 Å². The van der Waals surface area contributed by atoms with Gasteiger partial charge in [0.25, 0.3) is 0 Å². The molecule has 0 radical (unpaired) electrons. The van der Waals surface area contributed by atoms with Crippen LogP contribution in [0.3, 0.4) is 0 Å². The van der Waals surface area contributed by atoms with E-state index in [1.165, 1.54) is 12.0 Å². The first-order chi connectivity index (χ1) is 14.5. The molecule has 0 aromatic heterocycles. The topological polar surface area (TPSA) is 102 Å². The van der Waals surface area contributed by atoms with Crippen LogP contribution in [-0.2, 0) is 14.3 Å². The van der Waals surface area contributed by atoms with E-state index in [1.807, 2.05) is 23.1 Å². The number of para-hydroxylation sites is 1. The second-order valence-corrected chi connectivity index (χ2v) is 7.88. The van der Waals surface area contributed by atoms with Crippen LogP contribution >= 0.6 is 0 Å². The van der Waals surface area contributed by atoms with Crippen LogP contribution in [0, 0.1) is 11.8 Å². The highest BCUT2D eigenvalue weighted by atomic mass is 16.5. The van der Waals surface area contributed by atoms with Crippen LogP contribution in [0.25, 0.3) is 0 Å². The number of nitrogens with one attached hydrogen (secondary N) is 1. The molecule has 1 saturated carbocycles. The Morgan fingerprint density at radius 3 is 2.33 bits per heavy atom. The van der Waals surface area contributed by atoms with Gasteiger partial charge in [-0.25, -0.2) is 10.3 Å². The average Bonchev–Trinajstić information content (AvgIpc) is 2.82. The van der Waals surface area contributed by atoms with Gasteiger partial charge in [0, 0.05) is 50.9 Å². The highest BCUT2D eigenvalue weighted by molar-refractivity contribution is 5.87. The van der Waals surface area contributed by atoms with Crippen LogP contribution in [-0.4, -0.2) is 79.3 Å². The minimum absolute atomic E-state index is 0.0597. The van der Waals surface area contributed by atoms with E-state index in [2.05, 4.69) is 17.0 Å². The van der Waals surface area contributed by atoms with E-state index in [-0.39, 0.29) is 11.9 Å². The first kappa shape index (κ1) is 21.9. The lowest BCUT2D eigenvalue weighted by Crippen LogP contribution is -2.54. The number of benzene rings is 1. The molecule has 1 aliphatic heterocycles. The van der Waals surface area contributed by atoms with E-state index in [0.717, 1.165) is 18.8 Å². The maximum absolute atomic E-state index is 13.2. The van der Waals surface area contributed by atoms with Crippen molar-refractivity contribution in [2.45, 2.75) is 25.3 Å². The SMILES string of the molecule is COC(=O)N(C)[C@H]1CC[C@H](C(=O)N2CCN(c3ccccc3)CC2)[C@@H](C(=O)NO)C1. The number of hydrogen-bond acceptors (Lipinski definition) is 6. The Morgan fingerprint density at radius 1 is 1.07 bits per heavy atom. The first-order valence-electron chi connectivity index (χ1n) is 10.3. The van der Waals surface area contributed by atoms with E-state index < -0.39 is 23.8 Å². The van der Waals surface area contributed by atoms with Gasteiger partial charge in [0.2, 0.25) is 11.8 Å². The lowest BCUT2D eigenvalue weighted by Gasteiger charge is -2.42. The van der Waals surface area contributed by atoms with Gasteiger partial charge in [-0.2, -0.15) is 0 Å². The number of carbonyl (C=O) groups is 3. The van der Waals surface area contributed by atoms with Crippen molar-refractivity contribution >= 4 is 23.6 Å². The van der Waals surface area contributed by atoms with E-state index >= 15 is 0 Å². The summed E-state index contributed by atoms with van der Waals surface area (Å²) in [6.07, 6.45) is 0.895. The van der Waals surface area contributed by atoms with Crippen LogP contribution in [0.15, 0.2) is 30.3 Å². The molecule has 0 spiro atoms. The Hall–Kier alpha value is -2.81. The zero-order valence-corrected chi connectivity index (χ0v) is 17.5. The van der Waals surface area contributed by atoms with Crippen molar-refractivity contribution in [2.24, 2.45) is 11.8 Å². The van der Waals surface area contributed by atoms with Crippen molar-refractivity contribution in [1.82, 2.24) is 15.3 Å². The summed E-state index contributed by atoms with van der Waals surface area (Å²) in [5.74, 6) is -1.85. The number of carbonyl (C=O) groups excluding carboxylic acids is 3. The predicted molar refractivity (Wildman–Crippen MR) is 110 cm³/mol. The number of rotatable bonds is 4. The Bertz CT molecular complexity index is 751. The van der Waals surface area contributed by atoms with Crippen molar-refractivity contribution in [3.63, 3.8) is 0 Å². The van der Waals surface area contributed by atoms with Crippen LogP contribution in [0.2, 0.25) is 0 Å². The van der Waals surface area contributed by atoms with E-state index in [4.69, 9.17) is 4.74 Å². The minimum atomic E-state index is -0.694. The van der Waals surface area contributed by atoms with Crippen LogP contribution in [0.5, 0.6) is 0 Å². The molecule has 3 amide bonds. The summed E-state index contributed by atoms with van der Waals surface area (Å²) in [6.45, 7) is 2.63. The number of ether oxygens (including phenoxy) is 1. The average molecular weight is 418 g/mol. The monoisotopic (exact) mass is 418 g/mol. The molecule has 3 atom stereocenters. The van der Waals surface area contributed by atoms with Gasteiger partial charge in [0.1, 0.15) is 0 Å². The Kier molecular flexibility index (Phi) is 7.15. The summed E-state index contributed by atoms with van der Waals surface area (Å²) in [7, 11) is 2.93. The molecule has 9 heteroatoms. The Balaban J connectivity index is 1.64. The molecule has 1 heterocycles. The molecule has 2 fully saturated rings. The number of amides is 3.